The first-order valence-electron chi connectivity index (χ1n) is 10.1. The third kappa shape index (κ3) is 5.92. The summed E-state index contributed by atoms with van der Waals surface area (Å²) in [5.41, 5.74) is 1.26. The van der Waals surface area contributed by atoms with Crippen LogP contribution in [-0.4, -0.2) is 66.6 Å². The molecule has 1 aliphatic heterocycles. The van der Waals surface area contributed by atoms with Gasteiger partial charge in [-0.2, -0.15) is 0 Å². The van der Waals surface area contributed by atoms with Crippen molar-refractivity contribution in [2.45, 2.75) is 19.9 Å². The Hall–Kier alpha value is -2.67. The Labute approximate surface area is 167 Å². The molecule has 3 rings (SSSR count). The van der Waals surface area contributed by atoms with Gasteiger partial charge in [0.1, 0.15) is 0 Å². The lowest BCUT2D eigenvalue weighted by atomic mass is 10.1. The average molecular weight is 382 g/mol. The minimum absolute atomic E-state index is 0.216. The van der Waals surface area contributed by atoms with Crippen LogP contribution in [0.2, 0.25) is 0 Å². The van der Waals surface area contributed by atoms with Gasteiger partial charge >= 0.3 is 0 Å². The fourth-order valence-electron chi connectivity index (χ4n) is 3.28. The van der Waals surface area contributed by atoms with Crippen molar-refractivity contribution in [3.05, 3.63) is 54.4 Å². The van der Waals surface area contributed by atoms with E-state index in [1.807, 2.05) is 12.1 Å². The lowest BCUT2D eigenvalue weighted by Gasteiger charge is -2.34. The molecule has 7 heteroatoms. The van der Waals surface area contributed by atoms with Crippen LogP contribution in [0.15, 0.2) is 53.8 Å². The third-order valence-corrected chi connectivity index (χ3v) is 4.89. The molecular weight excluding hydrogens is 350 g/mol. The molecular formula is C21H31N7. The van der Waals surface area contributed by atoms with Crippen LogP contribution in [-0.2, 0) is 0 Å². The van der Waals surface area contributed by atoms with Gasteiger partial charge in [0.05, 0.1) is 12.6 Å². The maximum atomic E-state index is 4.76. The molecule has 0 amide bonds. The maximum Gasteiger partial charge on any atom is 0.225 e. The van der Waals surface area contributed by atoms with E-state index in [-0.39, 0.29) is 6.04 Å². The van der Waals surface area contributed by atoms with Crippen LogP contribution >= 0.6 is 0 Å². The van der Waals surface area contributed by atoms with E-state index in [0.717, 1.165) is 57.7 Å². The molecule has 150 valence electrons. The molecule has 1 aliphatic rings. The van der Waals surface area contributed by atoms with Gasteiger partial charge in [-0.05, 0) is 25.5 Å². The summed E-state index contributed by atoms with van der Waals surface area (Å²) in [6.07, 6.45) is 3.60. The first-order chi connectivity index (χ1) is 13.8. The monoisotopic (exact) mass is 381 g/mol. The fourth-order valence-corrected chi connectivity index (χ4v) is 3.28. The van der Waals surface area contributed by atoms with Crippen molar-refractivity contribution in [1.82, 2.24) is 25.5 Å². The molecule has 1 fully saturated rings. The molecule has 0 saturated carbocycles. The highest BCUT2D eigenvalue weighted by Crippen LogP contribution is 2.11. The molecule has 7 nitrogen and oxygen atoms in total. The maximum absolute atomic E-state index is 4.76. The van der Waals surface area contributed by atoms with Crippen LogP contribution in [0.1, 0.15) is 25.5 Å². The van der Waals surface area contributed by atoms with Crippen molar-refractivity contribution < 1.29 is 0 Å². The molecule has 2 N–H and O–H groups in total. The molecule has 2 heterocycles. The largest absolute Gasteiger partial charge is 0.357 e. The normalized spacial score (nSPS) is 16.6. The summed E-state index contributed by atoms with van der Waals surface area (Å²) >= 11 is 0. The first kappa shape index (κ1) is 20.1. The second-order valence-corrected chi connectivity index (χ2v) is 6.91. The quantitative estimate of drug-likeness (QED) is 0.564. The van der Waals surface area contributed by atoms with E-state index in [0.29, 0.717) is 0 Å². The number of piperazine rings is 1. The highest BCUT2D eigenvalue weighted by Gasteiger charge is 2.18. The van der Waals surface area contributed by atoms with Crippen LogP contribution in [0, 0.1) is 0 Å². The van der Waals surface area contributed by atoms with Crippen LogP contribution in [0.25, 0.3) is 0 Å². The first-order valence-corrected chi connectivity index (χ1v) is 10.1. The Balaban J connectivity index is 1.45. The van der Waals surface area contributed by atoms with Gasteiger partial charge in [-0.3, -0.25) is 9.89 Å². The number of aromatic nitrogens is 2. The smallest absolute Gasteiger partial charge is 0.225 e. The Kier molecular flexibility index (Phi) is 7.61. The SMILES string of the molecule is CCNC(=NCCN1CCN(c2ncccn2)CC1)NC(C)c1ccccc1. The highest BCUT2D eigenvalue weighted by atomic mass is 15.3. The Morgan fingerprint density at radius 1 is 1.07 bits per heavy atom. The standard InChI is InChI=1S/C21H31N7/c1-3-22-20(26-18(2)19-8-5-4-6-9-19)23-12-13-27-14-16-28(17-15-27)21-24-10-7-11-25-21/h4-11,18H,3,12-17H2,1-2H3,(H2,22,23,26). The van der Waals surface area contributed by atoms with Gasteiger partial charge in [-0.15, -0.1) is 0 Å². The predicted molar refractivity (Wildman–Crippen MR) is 115 cm³/mol. The van der Waals surface area contributed by atoms with Gasteiger partial charge in [0.25, 0.3) is 0 Å². The van der Waals surface area contributed by atoms with E-state index in [1.165, 1.54) is 5.56 Å². The molecule has 1 aromatic carbocycles. The number of hydrogen-bond donors (Lipinski definition) is 2. The highest BCUT2D eigenvalue weighted by molar-refractivity contribution is 5.80. The number of hydrogen-bond acceptors (Lipinski definition) is 5. The molecule has 2 aromatic rings. The van der Waals surface area contributed by atoms with E-state index >= 15 is 0 Å². The Morgan fingerprint density at radius 3 is 2.46 bits per heavy atom. The Bertz CT molecular complexity index is 712. The molecule has 1 saturated heterocycles. The van der Waals surface area contributed by atoms with Crippen molar-refractivity contribution in [3.8, 4) is 0 Å². The van der Waals surface area contributed by atoms with E-state index in [1.54, 1.807) is 12.4 Å². The zero-order chi connectivity index (χ0) is 19.6. The van der Waals surface area contributed by atoms with Crippen molar-refractivity contribution in [3.63, 3.8) is 0 Å². The third-order valence-electron chi connectivity index (χ3n) is 4.89. The van der Waals surface area contributed by atoms with Gasteiger partial charge in [0, 0.05) is 51.7 Å². The topological polar surface area (TPSA) is 68.7 Å². The van der Waals surface area contributed by atoms with Crippen molar-refractivity contribution in [2.75, 3.05) is 50.7 Å². The number of nitrogens with one attached hydrogen (secondary N) is 2. The summed E-state index contributed by atoms with van der Waals surface area (Å²) in [4.78, 5) is 18.1. The molecule has 0 aliphatic carbocycles. The van der Waals surface area contributed by atoms with Crippen molar-refractivity contribution >= 4 is 11.9 Å². The minimum atomic E-state index is 0.216. The number of aliphatic imine (C=N–C) groups is 1. The molecule has 0 radical (unpaired) electrons. The van der Waals surface area contributed by atoms with Gasteiger partial charge in [0.15, 0.2) is 5.96 Å². The summed E-state index contributed by atoms with van der Waals surface area (Å²) in [5.74, 6) is 1.70. The van der Waals surface area contributed by atoms with Gasteiger partial charge in [-0.1, -0.05) is 30.3 Å². The second-order valence-electron chi connectivity index (χ2n) is 6.91. The number of benzene rings is 1. The molecule has 0 bridgehead atoms. The molecule has 1 unspecified atom stereocenters. The summed E-state index contributed by atoms with van der Waals surface area (Å²) in [6.45, 7) is 10.8. The van der Waals surface area contributed by atoms with Crippen molar-refractivity contribution in [1.29, 1.82) is 0 Å². The van der Waals surface area contributed by atoms with Crippen LogP contribution in [0.5, 0.6) is 0 Å². The van der Waals surface area contributed by atoms with Crippen LogP contribution < -0.4 is 15.5 Å². The van der Waals surface area contributed by atoms with Crippen LogP contribution in [0.4, 0.5) is 5.95 Å². The number of rotatable bonds is 7. The number of guanidine groups is 1. The average Bonchev–Trinajstić information content (AvgIpc) is 2.75. The zero-order valence-electron chi connectivity index (χ0n) is 16.9. The zero-order valence-corrected chi connectivity index (χ0v) is 16.9. The van der Waals surface area contributed by atoms with Gasteiger partial charge in [-0.25, -0.2) is 9.97 Å². The van der Waals surface area contributed by atoms with Gasteiger partial charge < -0.3 is 15.5 Å². The second kappa shape index (κ2) is 10.6. The van der Waals surface area contributed by atoms with E-state index in [4.69, 9.17) is 4.99 Å². The lowest BCUT2D eigenvalue weighted by Crippen LogP contribution is -2.48. The lowest BCUT2D eigenvalue weighted by molar-refractivity contribution is 0.263. The molecule has 1 atom stereocenters. The molecule has 28 heavy (non-hydrogen) atoms. The Morgan fingerprint density at radius 2 is 1.79 bits per heavy atom. The minimum Gasteiger partial charge on any atom is -0.357 e. The summed E-state index contributed by atoms with van der Waals surface area (Å²) in [6, 6.07) is 12.5. The van der Waals surface area contributed by atoms with Gasteiger partial charge in [0.2, 0.25) is 5.95 Å². The van der Waals surface area contributed by atoms with Crippen LogP contribution in [0.3, 0.4) is 0 Å². The number of nitrogens with zero attached hydrogens (tertiary/aromatic N) is 5. The fraction of sp³-hybridized carbons (Fsp3) is 0.476. The van der Waals surface area contributed by atoms with E-state index < -0.39 is 0 Å². The van der Waals surface area contributed by atoms with E-state index in [9.17, 15) is 0 Å². The predicted octanol–water partition coefficient (Wildman–Crippen LogP) is 1.91. The van der Waals surface area contributed by atoms with Crippen molar-refractivity contribution in [2.24, 2.45) is 4.99 Å². The molecule has 0 spiro atoms. The molecule has 1 aromatic heterocycles. The summed E-state index contributed by atoms with van der Waals surface area (Å²) in [5, 5.41) is 6.84. The van der Waals surface area contributed by atoms with E-state index in [2.05, 4.69) is 68.5 Å². The summed E-state index contributed by atoms with van der Waals surface area (Å²) < 4.78 is 0. The summed E-state index contributed by atoms with van der Waals surface area (Å²) in [7, 11) is 0. The number of anilines is 1.